The van der Waals surface area contributed by atoms with Crippen molar-refractivity contribution in [2.75, 3.05) is 24.3 Å². The van der Waals surface area contributed by atoms with Crippen LogP contribution in [0.5, 0.6) is 0 Å². The van der Waals surface area contributed by atoms with Gasteiger partial charge in [-0.25, -0.2) is 4.98 Å². The predicted octanol–water partition coefficient (Wildman–Crippen LogP) is 1.12. The maximum atomic E-state index is 4.46. The van der Waals surface area contributed by atoms with Gasteiger partial charge in [-0.1, -0.05) is 6.92 Å². The minimum Gasteiger partial charge on any atom is -0.357 e. The van der Waals surface area contributed by atoms with Crippen LogP contribution in [0.4, 0.5) is 11.9 Å². The van der Waals surface area contributed by atoms with E-state index in [1.54, 1.807) is 13.4 Å². The summed E-state index contributed by atoms with van der Waals surface area (Å²) < 4.78 is 1.51. The molecule has 2 aromatic rings. The SMILES string of the molecule is CCC(C)(C)N(C)c1nc(NC)nc(-n2cncn2)n1. The molecule has 2 rings (SSSR count). The van der Waals surface area contributed by atoms with Crippen LogP contribution in [0.15, 0.2) is 12.7 Å². The summed E-state index contributed by atoms with van der Waals surface area (Å²) in [6, 6.07) is 0. The fourth-order valence-electron chi connectivity index (χ4n) is 1.54. The van der Waals surface area contributed by atoms with Crippen molar-refractivity contribution < 1.29 is 0 Å². The third-order valence-electron chi connectivity index (χ3n) is 3.53. The number of nitrogens with zero attached hydrogens (tertiary/aromatic N) is 7. The van der Waals surface area contributed by atoms with Crippen LogP contribution in [0.2, 0.25) is 0 Å². The lowest BCUT2D eigenvalue weighted by Gasteiger charge is -2.34. The van der Waals surface area contributed by atoms with Gasteiger partial charge in [0.05, 0.1) is 0 Å². The molecule has 0 aliphatic rings. The lowest BCUT2D eigenvalue weighted by molar-refractivity contribution is 0.462. The molecule has 20 heavy (non-hydrogen) atoms. The average molecular weight is 276 g/mol. The Hall–Kier alpha value is -2.25. The molecule has 0 saturated heterocycles. The van der Waals surface area contributed by atoms with Crippen molar-refractivity contribution in [3.8, 4) is 5.95 Å². The molecule has 0 atom stereocenters. The van der Waals surface area contributed by atoms with Gasteiger partial charge in [0.2, 0.25) is 11.9 Å². The number of rotatable bonds is 5. The molecule has 0 bridgehead atoms. The smallest absolute Gasteiger partial charge is 0.258 e. The van der Waals surface area contributed by atoms with Gasteiger partial charge in [-0.2, -0.15) is 24.7 Å². The Labute approximate surface area is 118 Å². The molecule has 8 nitrogen and oxygen atoms in total. The first kappa shape index (κ1) is 14.2. The van der Waals surface area contributed by atoms with Gasteiger partial charge in [-0.05, 0) is 20.3 Å². The minimum atomic E-state index is -0.0496. The zero-order valence-electron chi connectivity index (χ0n) is 12.5. The van der Waals surface area contributed by atoms with E-state index in [2.05, 4.69) is 51.1 Å². The monoisotopic (exact) mass is 276 g/mol. The summed E-state index contributed by atoms with van der Waals surface area (Å²) in [5.74, 6) is 1.54. The van der Waals surface area contributed by atoms with E-state index in [1.165, 1.54) is 11.0 Å². The Morgan fingerprint density at radius 3 is 2.60 bits per heavy atom. The van der Waals surface area contributed by atoms with Gasteiger partial charge in [0, 0.05) is 19.6 Å². The zero-order valence-corrected chi connectivity index (χ0v) is 12.5. The molecule has 0 aliphatic heterocycles. The standard InChI is InChI=1S/C12H20N8/c1-6-12(2,3)19(5)10-16-9(13-4)17-11(18-10)20-8-14-7-15-20/h7-8H,6H2,1-5H3,(H,13,16,17,18). The van der Waals surface area contributed by atoms with Crippen LogP contribution in [0.25, 0.3) is 5.95 Å². The molecule has 2 heterocycles. The quantitative estimate of drug-likeness (QED) is 0.875. The topological polar surface area (TPSA) is 84.7 Å². The lowest BCUT2D eigenvalue weighted by Crippen LogP contribution is -2.41. The lowest BCUT2D eigenvalue weighted by atomic mass is 10.0. The molecule has 108 valence electrons. The largest absolute Gasteiger partial charge is 0.357 e. The van der Waals surface area contributed by atoms with Crippen LogP contribution >= 0.6 is 0 Å². The molecular weight excluding hydrogens is 256 g/mol. The van der Waals surface area contributed by atoms with Crippen molar-refractivity contribution in [3.63, 3.8) is 0 Å². The first-order valence-electron chi connectivity index (χ1n) is 6.50. The summed E-state index contributed by atoms with van der Waals surface area (Å²) in [5.41, 5.74) is -0.0496. The Morgan fingerprint density at radius 1 is 1.30 bits per heavy atom. The molecule has 0 spiro atoms. The third-order valence-corrected chi connectivity index (χ3v) is 3.53. The second-order valence-electron chi connectivity index (χ2n) is 5.07. The summed E-state index contributed by atoms with van der Waals surface area (Å²) >= 11 is 0. The molecule has 0 aromatic carbocycles. The molecule has 0 radical (unpaired) electrons. The summed E-state index contributed by atoms with van der Waals surface area (Å²) in [5, 5.41) is 6.99. The van der Waals surface area contributed by atoms with Crippen molar-refractivity contribution >= 4 is 11.9 Å². The van der Waals surface area contributed by atoms with Gasteiger partial charge in [0.15, 0.2) is 0 Å². The van der Waals surface area contributed by atoms with Crippen LogP contribution in [0.3, 0.4) is 0 Å². The van der Waals surface area contributed by atoms with Crippen molar-refractivity contribution in [2.24, 2.45) is 0 Å². The van der Waals surface area contributed by atoms with Gasteiger partial charge in [-0.15, -0.1) is 0 Å². The molecule has 2 aromatic heterocycles. The molecule has 0 saturated carbocycles. The van der Waals surface area contributed by atoms with Crippen molar-refractivity contribution in [2.45, 2.75) is 32.7 Å². The van der Waals surface area contributed by atoms with Crippen LogP contribution in [-0.2, 0) is 0 Å². The van der Waals surface area contributed by atoms with Crippen molar-refractivity contribution in [1.29, 1.82) is 0 Å². The highest BCUT2D eigenvalue weighted by molar-refractivity contribution is 5.41. The van der Waals surface area contributed by atoms with E-state index < -0.39 is 0 Å². The van der Waals surface area contributed by atoms with E-state index in [0.717, 1.165) is 6.42 Å². The number of anilines is 2. The highest BCUT2D eigenvalue weighted by Gasteiger charge is 2.24. The Bertz CT molecular complexity index is 563. The van der Waals surface area contributed by atoms with Gasteiger partial charge in [-0.3, -0.25) is 0 Å². The van der Waals surface area contributed by atoms with E-state index in [1.807, 2.05) is 11.9 Å². The predicted molar refractivity (Wildman–Crippen MR) is 77.1 cm³/mol. The van der Waals surface area contributed by atoms with Crippen molar-refractivity contribution in [1.82, 2.24) is 29.7 Å². The first-order chi connectivity index (χ1) is 9.47. The third kappa shape index (κ3) is 2.68. The van der Waals surface area contributed by atoms with Crippen LogP contribution < -0.4 is 10.2 Å². The number of nitrogens with one attached hydrogen (secondary N) is 1. The first-order valence-corrected chi connectivity index (χ1v) is 6.50. The van der Waals surface area contributed by atoms with Crippen LogP contribution in [0.1, 0.15) is 27.2 Å². The number of aromatic nitrogens is 6. The highest BCUT2D eigenvalue weighted by Crippen LogP contribution is 2.22. The summed E-state index contributed by atoms with van der Waals surface area (Å²) in [7, 11) is 3.75. The van der Waals surface area contributed by atoms with Crippen LogP contribution in [-0.4, -0.2) is 49.4 Å². The zero-order chi connectivity index (χ0) is 14.8. The Balaban J connectivity index is 2.46. The summed E-state index contributed by atoms with van der Waals surface area (Å²) in [6.07, 6.45) is 3.98. The van der Waals surface area contributed by atoms with E-state index in [0.29, 0.717) is 17.8 Å². The van der Waals surface area contributed by atoms with Crippen molar-refractivity contribution in [3.05, 3.63) is 12.7 Å². The fourth-order valence-corrected chi connectivity index (χ4v) is 1.54. The molecule has 8 heteroatoms. The summed E-state index contributed by atoms with van der Waals surface area (Å²) in [6.45, 7) is 6.42. The van der Waals surface area contributed by atoms with Gasteiger partial charge < -0.3 is 10.2 Å². The van der Waals surface area contributed by atoms with Gasteiger partial charge in [0.25, 0.3) is 5.95 Å². The Kier molecular flexibility index (Phi) is 3.82. The average Bonchev–Trinajstić information content (AvgIpc) is 3.00. The Morgan fingerprint density at radius 2 is 2.05 bits per heavy atom. The van der Waals surface area contributed by atoms with E-state index in [-0.39, 0.29) is 5.54 Å². The maximum Gasteiger partial charge on any atom is 0.258 e. The van der Waals surface area contributed by atoms with E-state index >= 15 is 0 Å². The number of hydrogen-bond donors (Lipinski definition) is 1. The molecule has 0 unspecified atom stereocenters. The van der Waals surface area contributed by atoms with Gasteiger partial charge >= 0.3 is 0 Å². The molecule has 0 fully saturated rings. The van der Waals surface area contributed by atoms with Gasteiger partial charge in [0.1, 0.15) is 12.7 Å². The number of hydrogen-bond acceptors (Lipinski definition) is 7. The maximum absolute atomic E-state index is 4.46. The van der Waals surface area contributed by atoms with Crippen LogP contribution in [0, 0.1) is 0 Å². The molecular formula is C12H20N8. The molecule has 0 aliphatic carbocycles. The molecule has 0 amide bonds. The fraction of sp³-hybridized carbons (Fsp3) is 0.583. The molecule has 1 N–H and O–H groups in total. The normalized spacial score (nSPS) is 11.4. The second kappa shape index (κ2) is 5.40. The second-order valence-corrected chi connectivity index (χ2v) is 5.07. The minimum absolute atomic E-state index is 0.0496. The summed E-state index contributed by atoms with van der Waals surface area (Å²) in [4.78, 5) is 19.1. The van der Waals surface area contributed by atoms with E-state index in [4.69, 9.17) is 0 Å². The van der Waals surface area contributed by atoms with E-state index in [9.17, 15) is 0 Å². The highest BCUT2D eigenvalue weighted by atomic mass is 15.4.